The molecule has 3 fully saturated rings. The summed E-state index contributed by atoms with van der Waals surface area (Å²) in [5, 5.41) is 7.01. The molecule has 1 atom stereocenters. The number of rotatable bonds is 5. The van der Waals surface area contributed by atoms with Crippen molar-refractivity contribution < 1.29 is 9.53 Å². The molecule has 3 aliphatic rings. The number of aliphatic imine (C=N–C) groups is 1. The Bertz CT molecular complexity index is 472. The Kier molecular flexibility index (Phi) is 6.39. The molecule has 7 nitrogen and oxygen atoms in total. The normalized spacial score (nSPS) is 25.9. The fourth-order valence-corrected chi connectivity index (χ4v) is 3.85. The van der Waals surface area contributed by atoms with Gasteiger partial charge in [-0.05, 0) is 51.5 Å². The highest BCUT2D eigenvalue weighted by Crippen LogP contribution is 2.31. The van der Waals surface area contributed by atoms with Crippen molar-refractivity contribution in [3.63, 3.8) is 0 Å². The lowest BCUT2D eigenvalue weighted by atomic mass is 10.1. The molecule has 142 valence electrons. The van der Waals surface area contributed by atoms with Gasteiger partial charge in [-0.1, -0.05) is 0 Å². The average molecular weight is 351 g/mol. The van der Waals surface area contributed by atoms with E-state index in [9.17, 15) is 4.79 Å². The molecular formula is C18H33N5O2. The van der Waals surface area contributed by atoms with E-state index in [1.165, 1.54) is 32.4 Å². The van der Waals surface area contributed by atoms with Gasteiger partial charge in [0.1, 0.15) is 0 Å². The van der Waals surface area contributed by atoms with Crippen LogP contribution in [0.1, 0.15) is 39.0 Å². The molecule has 1 unspecified atom stereocenters. The zero-order valence-corrected chi connectivity index (χ0v) is 15.7. The summed E-state index contributed by atoms with van der Waals surface area (Å²) in [6.07, 6.45) is 5.75. The monoisotopic (exact) mass is 351 g/mol. The van der Waals surface area contributed by atoms with E-state index < -0.39 is 0 Å². The lowest BCUT2D eigenvalue weighted by molar-refractivity contribution is 0.0963. The SMILES string of the molecule is CCOC(=O)N1CCC(NC(=NC)NCC2CCN(C3CC3)C2)CC1. The number of likely N-dealkylation sites (tertiary alicyclic amines) is 2. The van der Waals surface area contributed by atoms with Crippen LogP contribution < -0.4 is 10.6 Å². The summed E-state index contributed by atoms with van der Waals surface area (Å²) in [6, 6.07) is 1.25. The van der Waals surface area contributed by atoms with E-state index >= 15 is 0 Å². The van der Waals surface area contributed by atoms with Crippen LogP contribution in [-0.2, 0) is 4.74 Å². The number of carbonyl (C=O) groups is 1. The van der Waals surface area contributed by atoms with Crippen molar-refractivity contribution in [2.24, 2.45) is 10.9 Å². The van der Waals surface area contributed by atoms with Gasteiger partial charge in [0.05, 0.1) is 6.61 Å². The van der Waals surface area contributed by atoms with Crippen LogP contribution in [0.15, 0.2) is 4.99 Å². The van der Waals surface area contributed by atoms with Gasteiger partial charge >= 0.3 is 6.09 Å². The van der Waals surface area contributed by atoms with Gasteiger partial charge in [-0.15, -0.1) is 0 Å². The summed E-state index contributed by atoms with van der Waals surface area (Å²) in [6.45, 7) is 7.24. The summed E-state index contributed by atoms with van der Waals surface area (Å²) in [5.41, 5.74) is 0. The second kappa shape index (κ2) is 8.74. The molecule has 3 rings (SSSR count). The summed E-state index contributed by atoms with van der Waals surface area (Å²) < 4.78 is 5.07. The van der Waals surface area contributed by atoms with Crippen molar-refractivity contribution in [2.45, 2.75) is 51.1 Å². The molecule has 1 saturated carbocycles. The zero-order chi connectivity index (χ0) is 17.6. The van der Waals surface area contributed by atoms with E-state index in [-0.39, 0.29) is 6.09 Å². The molecule has 2 N–H and O–H groups in total. The first kappa shape index (κ1) is 18.3. The lowest BCUT2D eigenvalue weighted by Gasteiger charge is -2.32. The van der Waals surface area contributed by atoms with Gasteiger partial charge in [-0.2, -0.15) is 0 Å². The number of carbonyl (C=O) groups excluding carboxylic acids is 1. The van der Waals surface area contributed by atoms with Crippen LogP contribution >= 0.6 is 0 Å². The molecule has 1 amide bonds. The average Bonchev–Trinajstić information content (AvgIpc) is 3.38. The van der Waals surface area contributed by atoms with Gasteiger partial charge in [0.15, 0.2) is 5.96 Å². The van der Waals surface area contributed by atoms with Crippen LogP contribution in [0, 0.1) is 5.92 Å². The Morgan fingerprint density at radius 3 is 2.56 bits per heavy atom. The Hall–Kier alpha value is -1.50. The number of nitrogens with zero attached hydrogens (tertiary/aromatic N) is 3. The van der Waals surface area contributed by atoms with Crippen molar-refractivity contribution in [1.82, 2.24) is 20.4 Å². The maximum atomic E-state index is 11.8. The molecule has 0 radical (unpaired) electrons. The fraction of sp³-hybridized carbons (Fsp3) is 0.889. The van der Waals surface area contributed by atoms with Gasteiger partial charge in [0, 0.05) is 45.3 Å². The molecule has 0 aromatic carbocycles. The fourth-order valence-electron chi connectivity index (χ4n) is 3.85. The highest BCUT2D eigenvalue weighted by Gasteiger charge is 2.34. The third-order valence-corrected chi connectivity index (χ3v) is 5.52. The van der Waals surface area contributed by atoms with Gasteiger partial charge in [0.25, 0.3) is 0 Å². The molecule has 0 aromatic rings. The van der Waals surface area contributed by atoms with E-state index in [0.29, 0.717) is 12.6 Å². The molecule has 1 aliphatic carbocycles. The summed E-state index contributed by atoms with van der Waals surface area (Å²) in [4.78, 5) is 20.6. The van der Waals surface area contributed by atoms with Crippen LogP contribution in [0.3, 0.4) is 0 Å². The number of guanidine groups is 1. The number of piperidine rings is 1. The first-order valence-corrected chi connectivity index (χ1v) is 9.82. The first-order valence-electron chi connectivity index (χ1n) is 9.82. The van der Waals surface area contributed by atoms with E-state index in [0.717, 1.165) is 50.4 Å². The molecule has 2 aliphatic heterocycles. The van der Waals surface area contributed by atoms with Gasteiger partial charge < -0.3 is 25.2 Å². The smallest absolute Gasteiger partial charge is 0.409 e. The quantitative estimate of drug-likeness (QED) is 0.576. The minimum Gasteiger partial charge on any atom is -0.450 e. The Labute approximate surface area is 151 Å². The van der Waals surface area contributed by atoms with Crippen LogP contribution in [0.5, 0.6) is 0 Å². The Morgan fingerprint density at radius 1 is 1.16 bits per heavy atom. The second-order valence-corrected chi connectivity index (χ2v) is 7.44. The van der Waals surface area contributed by atoms with Crippen LogP contribution in [0.25, 0.3) is 0 Å². The van der Waals surface area contributed by atoms with E-state index in [2.05, 4.69) is 20.5 Å². The van der Waals surface area contributed by atoms with Crippen molar-refractivity contribution >= 4 is 12.1 Å². The highest BCUT2D eigenvalue weighted by molar-refractivity contribution is 5.80. The largest absolute Gasteiger partial charge is 0.450 e. The minimum atomic E-state index is -0.190. The minimum absolute atomic E-state index is 0.190. The lowest BCUT2D eigenvalue weighted by Crippen LogP contribution is -2.50. The Morgan fingerprint density at radius 2 is 1.92 bits per heavy atom. The predicted molar refractivity (Wildman–Crippen MR) is 98.8 cm³/mol. The number of ether oxygens (including phenoxy) is 1. The molecule has 0 aromatic heterocycles. The number of hydrogen-bond acceptors (Lipinski definition) is 4. The summed E-state index contributed by atoms with van der Waals surface area (Å²) >= 11 is 0. The van der Waals surface area contributed by atoms with Crippen LogP contribution in [0.4, 0.5) is 4.79 Å². The Balaban J connectivity index is 1.34. The van der Waals surface area contributed by atoms with E-state index in [1.807, 2.05) is 14.0 Å². The molecule has 2 saturated heterocycles. The summed E-state index contributed by atoms with van der Waals surface area (Å²) in [7, 11) is 1.83. The number of amides is 1. The molecule has 7 heteroatoms. The van der Waals surface area contributed by atoms with Crippen molar-refractivity contribution in [1.29, 1.82) is 0 Å². The molecular weight excluding hydrogens is 318 g/mol. The van der Waals surface area contributed by atoms with Crippen LogP contribution in [-0.4, -0.2) is 80.3 Å². The first-order chi connectivity index (χ1) is 12.2. The van der Waals surface area contributed by atoms with E-state index in [4.69, 9.17) is 4.74 Å². The molecule has 2 heterocycles. The van der Waals surface area contributed by atoms with Crippen LogP contribution in [0.2, 0.25) is 0 Å². The highest BCUT2D eigenvalue weighted by atomic mass is 16.6. The topological polar surface area (TPSA) is 69.2 Å². The number of hydrogen-bond donors (Lipinski definition) is 2. The number of nitrogens with one attached hydrogen (secondary N) is 2. The van der Waals surface area contributed by atoms with Gasteiger partial charge in [0.2, 0.25) is 0 Å². The maximum absolute atomic E-state index is 11.8. The third-order valence-electron chi connectivity index (χ3n) is 5.52. The van der Waals surface area contributed by atoms with Crippen molar-refractivity contribution in [2.75, 3.05) is 46.4 Å². The molecule has 0 bridgehead atoms. The standard InChI is InChI=1S/C18H33N5O2/c1-3-25-18(24)22-10-7-15(8-11-22)21-17(19-2)20-12-14-6-9-23(13-14)16-4-5-16/h14-16H,3-13H2,1-2H3,(H2,19,20,21). The van der Waals surface area contributed by atoms with Gasteiger partial charge in [-0.25, -0.2) is 4.79 Å². The zero-order valence-electron chi connectivity index (χ0n) is 15.7. The second-order valence-electron chi connectivity index (χ2n) is 7.44. The third kappa shape index (κ3) is 5.23. The molecule has 0 spiro atoms. The van der Waals surface area contributed by atoms with Crippen molar-refractivity contribution in [3.8, 4) is 0 Å². The van der Waals surface area contributed by atoms with E-state index in [1.54, 1.807) is 4.90 Å². The predicted octanol–water partition coefficient (Wildman–Crippen LogP) is 1.26. The maximum Gasteiger partial charge on any atom is 0.409 e. The van der Waals surface area contributed by atoms with Crippen molar-refractivity contribution in [3.05, 3.63) is 0 Å². The summed E-state index contributed by atoms with van der Waals surface area (Å²) in [5.74, 6) is 1.62. The molecule has 25 heavy (non-hydrogen) atoms. The van der Waals surface area contributed by atoms with Gasteiger partial charge in [-0.3, -0.25) is 4.99 Å².